The standard InChI is InChI=1S/C26H21Cl2FN8O2/c27-16-2-4-18(36-12-32-34-35-36)21(23(16)29)13-9-14-1-3-19(37(14)20(38)10-13)25-31-11-17(33-25)15-5-8-30-24(22(15)28)26(39)6-7-26/h2,4-5,8,10-12,14,19,39H,1,3,6-7,9H2,(H,31,33)/t14-,19+/m1/s1. The summed E-state index contributed by atoms with van der Waals surface area (Å²) in [4.78, 5) is 27.5. The molecule has 10 nitrogen and oxygen atoms in total. The van der Waals surface area contributed by atoms with Crippen LogP contribution in [0.25, 0.3) is 22.5 Å². The Morgan fingerprint density at radius 1 is 1.15 bits per heavy atom. The number of rotatable bonds is 5. The summed E-state index contributed by atoms with van der Waals surface area (Å²) < 4.78 is 16.7. The molecule has 7 rings (SSSR count). The van der Waals surface area contributed by atoms with Crippen molar-refractivity contribution in [3.8, 4) is 16.9 Å². The lowest BCUT2D eigenvalue weighted by atomic mass is 9.92. The van der Waals surface area contributed by atoms with Crippen LogP contribution in [0, 0.1) is 5.82 Å². The monoisotopic (exact) mass is 566 g/mol. The first-order valence-corrected chi connectivity index (χ1v) is 13.3. The van der Waals surface area contributed by atoms with Gasteiger partial charge < -0.3 is 15.0 Å². The molecule has 0 unspecified atom stereocenters. The number of aromatic nitrogens is 7. The molecule has 1 amide bonds. The molecule has 4 aromatic rings. The van der Waals surface area contributed by atoms with Crippen molar-refractivity contribution in [3.63, 3.8) is 0 Å². The third-order valence-corrected chi connectivity index (χ3v) is 8.43. The molecular weight excluding hydrogens is 546 g/mol. The summed E-state index contributed by atoms with van der Waals surface area (Å²) in [5.74, 6) is -0.212. The van der Waals surface area contributed by atoms with E-state index >= 15 is 4.39 Å². The number of hydrogen-bond donors (Lipinski definition) is 2. The quantitative estimate of drug-likeness (QED) is 0.366. The molecule has 1 saturated heterocycles. The van der Waals surface area contributed by atoms with Crippen LogP contribution in [-0.4, -0.2) is 57.1 Å². The number of aliphatic hydroxyl groups is 1. The summed E-state index contributed by atoms with van der Waals surface area (Å²) in [5, 5.41) is 22.1. The van der Waals surface area contributed by atoms with E-state index in [-0.39, 0.29) is 28.6 Å². The molecular formula is C26H21Cl2FN8O2. The minimum Gasteiger partial charge on any atom is -0.383 e. The Morgan fingerprint density at radius 3 is 2.77 bits per heavy atom. The predicted octanol–water partition coefficient (Wildman–Crippen LogP) is 4.39. The van der Waals surface area contributed by atoms with E-state index in [9.17, 15) is 9.90 Å². The molecule has 1 aromatic carbocycles. The van der Waals surface area contributed by atoms with Gasteiger partial charge >= 0.3 is 0 Å². The summed E-state index contributed by atoms with van der Waals surface area (Å²) in [7, 11) is 0. The third kappa shape index (κ3) is 3.95. The number of imidazole rings is 1. The van der Waals surface area contributed by atoms with Gasteiger partial charge in [0.1, 0.15) is 17.8 Å². The van der Waals surface area contributed by atoms with Crippen molar-refractivity contribution in [3.05, 3.63) is 75.9 Å². The number of carbonyl (C=O) groups is 1. The summed E-state index contributed by atoms with van der Waals surface area (Å²) in [6.07, 6.45) is 9.25. The van der Waals surface area contributed by atoms with Crippen LogP contribution in [-0.2, 0) is 10.4 Å². The minimum absolute atomic E-state index is 0.0447. The smallest absolute Gasteiger partial charge is 0.247 e. The van der Waals surface area contributed by atoms with Gasteiger partial charge in [-0.25, -0.2) is 9.37 Å². The van der Waals surface area contributed by atoms with E-state index in [1.807, 2.05) is 0 Å². The molecule has 1 saturated carbocycles. The molecule has 0 radical (unpaired) electrons. The largest absolute Gasteiger partial charge is 0.383 e. The fourth-order valence-electron chi connectivity index (χ4n) is 5.68. The first-order chi connectivity index (χ1) is 18.8. The topological polar surface area (TPSA) is 126 Å². The molecule has 1 aliphatic carbocycles. The van der Waals surface area contributed by atoms with Crippen molar-refractivity contribution in [1.82, 2.24) is 40.1 Å². The number of benzene rings is 1. The number of aromatic amines is 1. The molecule has 3 aliphatic rings. The minimum atomic E-state index is -0.967. The second-order valence-corrected chi connectivity index (χ2v) is 10.9. The Kier molecular flexibility index (Phi) is 5.58. The van der Waals surface area contributed by atoms with Crippen molar-refractivity contribution in [2.24, 2.45) is 0 Å². The van der Waals surface area contributed by atoms with E-state index in [4.69, 9.17) is 23.2 Å². The zero-order chi connectivity index (χ0) is 26.9. The number of tetrazole rings is 1. The third-order valence-electron chi connectivity index (χ3n) is 7.75. The maximum absolute atomic E-state index is 15.3. The average molecular weight is 567 g/mol. The first kappa shape index (κ1) is 24.4. The normalized spacial score (nSPS) is 21.7. The number of H-pyrrole nitrogens is 1. The van der Waals surface area contributed by atoms with E-state index in [1.54, 1.807) is 29.4 Å². The van der Waals surface area contributed by atoms with Gasteiger partial charge in [-0.3, -0.25) is 9.78 Å². The zero-order valence-corrected chi connectivity index (χ0v) is 21.9. The number of nitrogens with one attached hydrogen (secondary N) is 1. The van der Waals surface area contributed by atoms with E-state index in [2.05, 4.69) is 30.5 Å². The molecule has 0 bridgehead atoms. The van der Waals surface area contributed by atoms with Crippen molar-refractivity contribution < 1.29 is 14.3 Å². The molecule has 13 heteroatoms. The lowest BCUT2D eigenvalue weighted by molar-refractivity contribution is -0.129. The van der Waals surface area contributed by atoms with Crippen LogP contribution in [0.3, 0.4) is 0 Å². The van der Waals surface area contributed by atoms with Crippen LogP contribution < -0.4 is 0 Å². The summed E-state index contributed by atoms with van der Waals surface area (Å²) in [6, 6.07) is 4.43. The molecule has 3 aromatic heterocycles. The number of fused-ring (bicyclic) bond motifs is 1. The Bertz CT molecular complexity index is 1650. The Balaban J connectivity index is 1.20. The Labute approximate surface area is 231 Å². The number of hydrogen-bond acceptors (Lipinski definition) is 7. The van der Waals surface area contributed by atoms with Crippen molar-refractivity contribution >= 4 is 34.7 Å². The lowest BCUT2D eigenvalue weighted by Gasteiger charge is -2.33. The zero-order valence-electron chi connectivity index (χ0n) is 20.4. The van der Waals surface area contributed by atoms with Crippen molar-refractivity contribution in [2.45, 2.75) is 49.8 Å². The summed E-state index contributed by atoms with van der Waals surface area (Å²) in [6.45, 7) is 0. The van der Waals surface area contributed by atoms with Crippen LogP contribution in [0.15, 0.2) is 43.0 Å². The van der Waals surface area contributed by atoms with Gasteiger partial charge in [-0.05, 0) is 66.3 Å². The van der Waals surface area contributed by atoms with Crippen LogP contribution in [0.4, 0.5) is 4.39 Å². The lowest BCUT2D eigenvalue weighted by Crippen LogP contribution is -2.39. The maximum Gasteiger partial charge on any atom is 0.247 e. The number of halogens is 3. The molecule has 2 aliphatic heterocycles. The molecule has 0 spiro atoms. The highest BCUT2D eigenvalue weighted by Crippen LogP contribution is 2.49. The van der Waals surface area contributed by atoms with Gasteiger partial charge in [0, 0.05) is 29.4 Å². The molecule has 2 atom stereocenters. The van der Waals surface area contributed by atoms with Gasteiger partial charge in [0.2, 0.25) is 5.91 Å². The fraction of sp³-hybridized carbons (Fsp3) is 0.308. The van der Waals surface area contributed by atoms with Gasteiger partial charge in [-0.15, -0.1) is 5.10 Å². The van der Waals surface area contributed by atoms with Gasteiger partial charge in [0.05, 0.1) is 39.4 Å². The van der Waals surface area contributed by atoms with Crippen molar-refractivity contribution in [2.75, 3.05) is 0 Å². The molecule has 2 fully saturated rings. The molecule has 39 heavy (non-hydrogen) atoms. The SMILES string of the molecule is O=C1C=C(c2c(-n3cnnn3)ccc(Cl)c2F)C[C@H]2CC[C@@H](c3ncc(-c4ccnc(C5(O)CC5)c4Cl)[nH]3)N12. The van der Waals surface area contributed by atoms with Gasteiger partial charge in [0.15, 0.2) is 5.82 Å². The highest BCUT2D eigenvalue weighted by atomic mass is 35.5. The molecule has 198 valence electrons. The summed E-state index contributed by atoms with van der Waals surface area (Å²) >= 11 is 12.7. The highest BCUT2D eigenvalue weighted by Gasteiger charge is 2.46. The Hall–Kier alpha value is -3.67. The highest BCUT2D eigenvalue weighted by molar-refractivity contribution is 6.34. The van der Waals surface area contributed by atoms with Crippen LogP contribution in [0.5, 0.6) is 0 Å². The summed E-state index contributed by atoms with van der Waals surface area (Å²) in [5.41, 5.74) is 2.04. The molecule has 5 heterocycles. The van der Waals surface area contributed by atoms with Crippen LogP contribution >= 0.6 is 23.2 Å². The van der Waals surface area contributed by atoms with Gasteiger partial charge in [-0.1, -0.05) is 23.2 Å². The number of amides is 1. The second kappa shape index (κ2) is 8.94. The van der Waals surface area contributed by atoms with Crippen LogP contribution in [0.2, 0.25) is 10.0 Å². The number of nitrogens with zero attached hydrogens (tertiary/aromatic N) is 7. The van der Waals surface area contributed by atoms with Crippen molar-refractivity contribution in [1.29, 1.82) is 0 Å². The first-order valence-electron chi connectivity index (χ1n) is 12.5. The number of carbonyl (C=O) groups excluding carboxylic acids is 1. The second-order valence-electron chi connectivity index (χ2n) is 10.1. The average Bonchev–Trinajstić information content (AvgIpc) is 3.38. The van der Waals surface area contributed by atoms with Crippen LogP contribution in [0.1, 0.15) is 55.2 Å². The van der Waals surface area contributed by atoms with Gasteiger partial charge in [0.25, 0.3) is 0 Å². The number of pyridine rings is 1. The maximum atomic E-state index is 15.3. The van der Waals surface area contributed by atoms with E-state index in [0.29, 0.717) is 64.7 Å². The van der Waals surface area contributed by atoms with Gasteiger partial charge in [-0.2, -0.15) is 4.68 Å². The van der Waals surface area contributed by atoms with E-state index < -0.39 is 11.4 Å². The fourth-order valence-corrected chi connectivity index (χ4v) is 6.23. The molecule has 2 N–H and O–H groups in total. The van der Waals surface area contributed by atoms with E-state index in [0.717, 1.165) is 6.42 Å². The van der Waals surface area contributed by atoms with E-state index in [1.165, 1.54) is 23.2 Å². The predicted molar refractivity (Wildman–Crippen MR) is 139 cm³/mol. The Morgan fingerprint density at radius 2 is 2.00 bits per heavy atom.